The van der Waals surface area contributed by atoms with Crippen LogP contribution in [-0.2, 0) is 9.59 Å². The number of hydrogen-bond acceptors (Lipinski definition) is 4. The molecule has 0 aromatic heterocycles. The summed E-state index contributed by atoms with van der Waals surface area (Å²) in [5.74, 6) is -1.79. The van der Waals surface area contributed by atoms with E-state index in [2.05, 4.69) is 15.9 Å². The standard InChI is InChI=1S/C26H21BrFNO4/c1-14-4-10-19(12-15(14)2)29-23(16-5-8-18(28)9-6-16)22(25(31)26(29)32)24(30)17-7-11-21(33-3)20(27)13-17/h4-13,23,30H,1-3H3/b24-22+. The van der Waals surface area contributed by atoms with Crippen molar-refractivity contribution in [1.82, 2.24) is 0 Å². The van der Waals surface area contributed by atoms with E-state index in [1.807, 2.05) is 26.0 Å². The number of amides is 1. The second-order valence-corrected chi connectivity index (χ2v) is 8.69. The number of aliphatic hydroxyl groups excluding tert-OH is 1. The summed E-state index contributed by atoms with van der Waals surface area (Å²) in [6.07, 6.45) is 0. The van der Waals surface area contributed by atoms with Gasteiger partial charge in [-0.15, -0.1) is 0 Å². The highest BCUT2D eigenvalue weighted by molar-refractivity contribution is 9.10. The number of aryl methyl sites for hydroxylation is 2. The Labute approximate surface area is 199 Å². The zero-order valence-corrected chi connectivity index (χ0v) is 19.8. The van der Waals surface area contributed by atoms with Crippen LogP contribution in [0.1, 0.15) is 28.3 Å². The number of ether oxygens (including phenoxy) is 1. The molecule has 0 spiro atoms. The summed E-state index contributed by atoms with van der Waals surface area (Å²) in [7, 11) is 1.52. The lowest BCUT2D eigenvalue weighted by molar-refractivity contribution is -0.132. The van der Waals surface area contributed by atoms with Gasteiger partial charge < -0.3 is 9.84 Å². The molecule has 3 aromatic carbocycles. The molecule has 1 amide bonds. The summed E-state index contributed by atoms with van der Waals surface area (Å²) in [4.78, 5) is 27.7. The van der Waals surface area contributed by atoms with Crippen molar-refractivity contribution in [3.8, 4) is 5.75 Å². The normalized spacial score (nSPS) is 17.5. The van der Waals surface area contributed by atoms with Crippen molar-refractivity contribution in [2.45, 2.75) is 19.9 Å². The Balaban J connectivity index is 1.94. The van der Waals surface area contributed by atoms with Gasteiger partial charge in [0, 0.05) is 11.3 Å². The van der Waals surface area contributed by atoms with Gasteiger partial charge in [0.2, 0.25) is 0 Å². The molecule has 1 fully saturated rings. The van der Waals surface area contributed by atoms with Crippen molar-refractivity contribution < 1.29 is 23.8 Å². The summed E-state index contributed by atoms with van der Waals surface area (Å²) in [5, 5.41) is 11.2. The van der Waals surface area contributed by atoms with Gasteiger partial charge in [0.1, 0.15) is 17.3 Å². The van der Waals surface area contributed by atoms with Gasteiger partial charge in [-0.3, -0.25) is 14.5 Å². The van der Waals surface area contributed by atoms with Crippen molar-refractivity contribution >= 4 is 39.1 Å². The van der Waals surface area contributed by atoms with Crippen LogP contribution >= 0.6 is 15.9 Å². The maximum Gasteiger partial charge on any atom is 0.300 e. The number of carbonyl (C=O) groups excluding carboxylic acids is 2. The summed E-state index contributed by atoms with van der Waals surface area (Å²) >= 11 is 3.38. The molecule has 1 aliphatic rings. The van der Waals surface area contributed by atoms with Crippen molar-refractivity contribution in [3.05, 3.63) is 98.8 Å². The van der Waals surface area contributed by atoms with Crippen LogP contribution in [0.5, 0.6) is 5.75 Å². The van der Waals surface area contributed by atoms with E-state index in [0.717, 1.165) is 11.1 Å². The maximum atomic E-state index is 13.7. The molecule has 33 heavy (non-hydrogen) atoms. The molecule has 0 saturated carbocycles. The topological polar surface area (TPSA) is 66.8 Å². The average Bonchev–Trinajstić information content (AvgIpc) is 3.06. The quantitative estimate of drug-likeness (QED) is 0.272. The van der Waals surface area contributed by atoms with Crippen LogP contribution < -0.4 is 9.64 Å². The number of aliphatic hydroxyl groups is 1. The molecule has 168 valence electrons. The Bertz CT molecular complexity index is 1300. The minimum atomic E-state index is -0.923. The van der Waals surface area contributed by atoms with Gasteiger partial charge in [-0.25, -0.2) is 4.39 Å². The molecule has 1 aliphatic heterocycles. The number of carbonyl (C=O) groups is 2. The molecule has 1 heterocycles. The number of hydrogen-bond donors (Lipinski definition) is 1. The molecule has 7 heteroatoms. The fourth-order valence-corrected chi connectivity index (χ4v) is 4.44. The zero-order chi connectivity index (χ0) is 23.9. The Morgan fingerprint density at radius 3 is 2.30 bits per heavy atom. The van der Waals surface area contributed by atoms with E-state index in [1.54, 1.807) is 24.3 Å². The van der Waals surface area contributed by atoms with Gasteiger partial charge in [0.05, 0.1) is 23.2 Å². The van der Waals surface area contributed by atoms with Crippen LogP contribution in [0.2, 0.25) is 0 Å². The molecule has 0 radical (unpaired) electrons. The van der Waals surface area contributed by atoms with Gasteiger partial charge in [-0.05, 0) is 88.9 Å². The lowest BCUT2D eigenvalue weighted by Gasteiger charge is -2.26. The zero-order valence-electron chi connectivity index (χ0n) is 18.2. The maximum absolute atomic E-state index is 13.7. The van der Waals surface area contributed by atoms with E-state index in [4.69, 9.17) is 4.74 Å². The Morgan fingerprint density at radius 1 is 1.00 bits per heavy atom. The van der Waals surface area contributed by atoms with Crippen molar-refractivity contribution in [3.63, 3.8) is 0 Å². The molecule has 4 rings (SSSR count). The minimum absolute atomic E-state index is 0.0677. The fourth-order valence-electron chi connectivity index (χ4n) is 3.90. The van der Waals surface area contributed by atoms with Gasteiger partial charge in [0.25, 0.3) is 11.7 Å². The molecule has 0 bridgehead atoms. The number of ketones is 1. The number of halogens is 2. The number of nitrogens with zero attached hydrogens (tertiary/aromatic N) is 1. The third-order valence-electron chi connectivity index (χ3n) is 5.82. The van der Waals surface area contributed by atoms with Crippen molar-refractivity contribution in [2.24, 2.45) is 0 Å². The molecule has 1 atom stereocenters. The summed E-state index contributed by atoms with van der Waals surface area (Å²) < 4.78 is 19.5. The Morgan fingerprint density at radius 2 is 1.70 bits per heavy atom. The monoisotopic (exact) mass is 509 g/mol. The van der Waals surface area contributed by atoms with Crippen LogP contribution in [0.15, 0.2) is 70.7 Å². The van der Waals surface area contributed by atoms with E-state index in [0.29, 0.717) is 27.0 Å². The van der Waals surface area contributed by atoms with Crippen LogP contribution in [0.3, 0.4) is 0 Å². The van der Waals surface area contributed by atoms with Gasteiger partial charge in [0.15, 0.2) is 0 Å². The average molecular weight is 510 g/mol. The first-order valence-electron chi connectivity index (χ1n) is 10.2. The minimum Gasteiger partial charge on any atom is -0.507 e. The first-order valence-corrected chi connectivity index (χ1v) is 11.0. The molecule has 1 N–H and O–H groups in total. The van der Waals surface area contributed by atoms with Gasteiger partial charge in [-0.1, -0.05) is 18.2 Å². The Kier molecular flexibility index (Phi) is 6.08. The Hall–Kier alpha value is -3.45. The molecule has 0 aliphatic carbocycles. The highest BCUT2D eigenvalue weighted by Crippen LogP contribution is 2.43. The molecule has 1 unspecified atom stereocenters. The largest absolute Gasteiger partial charge is 0.507 e. The number of anilines is 1. The first-order chi connectivity index (χ1) is 15.7. The van der Waals surface area contributed by atoms with Crippen LogP contribution in [0.4, 0.5) is 10.1 Å². The van der Waals surface area contributed by atoms with E-state index in [9.17, 15) is 19.1 Å². The van der Waals surface area contributed by atoms with Crippen molar-refractivity contribution in [2.75, 3.05) is 12.0 Å². The van der Waals surface area contributed by atoms with E-state index >= 15 is 0 Å². The number of benzene rings is 3. The number of rotatable bonds is 4. The number of methoxy groups -OCH3 is 1. The smallest absolute Gasteiger partial charge is 0.300 e. The lowest BCUT2D eigenvalue weighted by Crippen LogP contribution is -2.29. The van der Waals surface area contributed by atoms with E-state index in [-0.39, 0.29) is 11.3 Å². The van der Waals surface area contributed by atoms with E-state index < -0.39 is 23.5 Å². The van der Waals surface area contributed by atoms with E-state index in [1.165, 1.54) is 36.3 Å². The molecular formula is C26H21BrFNO4. The summed E-state index contributed by atoms with van der Waals surface area (Å²) in [6.45, 7) is 3.86. The SMILES string of the molecule is COc1ccc(/C(O)=C2\C(=O)C(=O)N(c3ccc(C)c(C)c3)C2c2ccc(F)cc2)cc1Br. The summed E-state index contributed by atoms with van der Waals surface area (Å²) in [5.41, 5.74) is 3.28. The third-order valence-corrected chi connectivity index (χ3v) is 6.44. The predicted molar refractivity (Wildman–Crippen MR) is 128 cm³/mol. The molecule has 1 saturated heterocycles. The fraction of sp³-hybridized carbons (Fsp3) is 0.154. The lowest BCUT2D eigenvalue weighted by atomic mass is 9.95. The highest BCUT2D eigenvalue weighted by atomic mass is 79.9. The number of Topliss-reactive ketones (excluding diaryl/α,β-unsaturated/α-hetero) is 1. The molecular weight excluding hydrogens is 489 g/mol. The van der Waals surface area contributed by atoms with Crippen molar-refractivity contribution in [1.29, 1.82) is 0 Å². The highest BCUT2D eigenvalue weighted by Gasteiger charge is 2.47. The molecule has 3 aromatic rings. The second-order valence-electron chi connectivity index (χ2n) is 7.84. The first kappa shape index (κ1) is 22.7. The second kappa shape index (κ2) is 8.83. The third kappa shape index (κ3) is 4.04. The van der Waals surface area contributed by atoms with Crippen LogP contribution in [0, 0.1) is 19.7 Å². The van der Waals surface area contributed by atoms with Gasteiger partial charge in [-0.2, -0.15) is 0 Å². The van der Waals surface area contributed by atoms with Crippen LogP contribution in [-0.4, -0.2) is 23.9 Å². The summed E-state index contributed by atoms with van der Waals surface area (Å²) in [6, 6.07) is 14.9. The van der Waals surface area contributed by atoms with Crippen LogP contribution in [0.25, 0.3) is 5.76 Å². The predicted octanol–water partition coefficient (Wildman–Crippen LogP) is 5.84. The molecule has 5 nitrogen and oxygen atoms in total. The van der Waals surface area contributed by atoms with Gasteiger partial charge >= 0.3 is 0 Å².